The fourth-order valence-electron chi connectivity index (χ4n) is 5.45. The number of rotatable bonds is 6. The largest absolute Gasteiger partial charge is 0.383 e. The molecule has 1 saturated heterocycles. The molecule has 0 bridgehead atoms. The summed E-state index contributed by atoms with van der Waals surface area (Å²) >= 11 is 0. The van der Waals surface area contributed by atoms with Crippen LogP contribution in [0.3, 0.4) is 0 Å². The van der Waals surface area contributed by atoms with E-state index in [2.05, 4.69) is 62.5 Å². The van der Waals surface area contributed by atoms with Crippen LogP contribution in [0.25, 0.3) is 5.57 Å². The van der Waals surface area contributed by atoms with Crippen molar-refractivity contribution < 1.29 is 9.53 Å². The summed E-state index contributed by atoms with van der Waals surface area (Å²) < 4.78 is 5.42. The van der Waals surface area contributed by atoms with E-state index in [1.54, 1.807) is 7.11 Å². The zero-order valence-corrected chi connectivity index (χ0v) is 21.7. The van der Waals surface area contributed by atoms with Gasteiger partial charge in [0.1, 0.15) is 11.9 Å². The van der Waals surface area contributed by atoms with Crippen molar-refractivity contribution in [2.45, 2.75) is 58.2 Å². The highest BCUT2D eigenvalue weighted by Crippen LogP contribution is 2.32. The van der Waals surface area contributed by atoms with Gasteiger partial charge in [-0.25, -0.2) is 0 Å². The average molecular weight is 479 g/mol. The van der Waals surface area contributed by atoms with Crippen molar-refractivity contribution in [3.63, 3.8) is 0 Å². The van der Waals surface area contributed by atoms with E-state index in [1.807, 2.05) is 20.0 Å². The van der Waals surface area contributed by atoms with Gasteiger partial charge >= 0.3 is 0 Å². The molecule has 6 nitrogen and oxygen atoms in total. The Balaban J connectivity index is 0.00000141. The smallest absolute Gasteiger partial charge is 0.271 e. The van der Waals surface area contributed by atoms with Crippen LogP contribution < -0.4 is 5.32 Å². The first-order valence-corrected chi connectivity index (χ1v) is 13.5. The lowest BCUT2D eigenvalue weighted by atomic mass is 9.91. The number of carbonyl (C=O) groups is 1. The molecule has 1 saturated carbocycles. The van der Waals surface area contributed by atoms with Crippen LogP contribution in [0.2, 0.25) is 0 Å². The molecule has 0 aromatic heterocycles. The van der Waals surface area contributed by atoms with Crippen molar-refractivity contribution in [3.05, 3.63) is 65.5 Å². The molecule has 1 atom stereocenters. The second-order valence-corrected chi connectivity index (χ2v) is 9.46. The number of ether oxygens (including phenoxy) is 1. The SMILES string of the molecule is CC.COCCN1C(C(=O)N2CCCN(C3CCC3)CC2)=CNC1C1=CC=CCc2ccccc21. The molecule has 4 aliphatic rings. The third kappa shape index (κ3) is 5.65. The normalized spacial score (nSPS) is 22.5. The summed E-state index contributed by atoms with van der Waals surface area (Å²) in [5, 5.41) is 3.53. The molecule has 0 radical (unpaired) electrons. The van der Waals surface area contributed by atoms with Gasteiger partial charge in [-0.2, -0.15) is 0 Å². The minimum atomic E-state index is -0.0820. The standard InChI is InChI=1S/C27H36N4O2.C2H6/c1-33-19-18-31-25(27(32)30-15-7-14-29(16-17-30)22-10-6-11-22)20-28-26(31)24-13-5-3-9-21-8-2-4-12-23(21)24;1-2/h2-5,8,12-13,20,22,26,28H,6-7,9-11,14-19H2,1H3;1-2H3. The van der Waals surface area contributed by atoms with E-state index in [-0.39, 0.29) is 12.1 Å². The Morgan fingerprint density at radius 1 is 1.09 bits per heavy atom. The average Bonchev–Trinajstić information content (AvgIpc) is 3.00. The highest BCUT2D eigenvalue weighted by Gasteiger charge is 2.36. The lowest BCUT2D eigenvalue weighted by Gasteiger charge is -2.37. The Hall–Kier alpha value is -2.57. The van der Waals surface area contributed by atoms with Crippen LogP contribution in [0, 0.1) is 0 Å². The van der Waals surface area contributed by atoms with Gasteiger partial charge in [0.25, 0.3) is 5.91 Å². The third-order valence-corrected chi connectivity index (χ3v) is 7.54. The number of hydrogen-bond donors (Lipinski definition) is 1. The Kier molecular flexibility index (Phi) is 9.05. The number of fused-ring (bicyclic) bond motifs is 1. The number of hydrogen-bond acceptors (Lipinski definition) is 5. The van der Waals surface area contributed by atoms with Crippen LogP contribution in [0.1, 0.15) is 50.7 Å². The molecule has 2 fully saturated rings. The molecule has 1 unspecified atom stereocenters. The van der Waals surface area contributed by atoms with E-state index in [0.29, 0.717) is 13.2 Å². The van der Waals surface area contributed by atoms with Gasteiger partial charge in [0.15, 0.2) is 0 Å². The maximum atomic E-state index is 13.7. The van der Waals surface area contributed by atoms with Gasteiger partial charge in [-0.15, -0.1) is 0 Å². The minimum Gasteiger partial charge on any atom is -0.383 e. The Labute approximate surface area is 211 Å². The number of amides is 1. The highest BCUT2D eigenvalue weighted by atomic mass is 16.5. The lowest BCUT2D eigenvalue weighted by Crippen LogP contribution is -2.45. The molecule has 5 rings (SSSR count). The minimum absolute atomic E-state index is 0.0820. The Morgan fingerprint density at radius 3 is 2.69 bits per heavy atom. The maximum Gasteiger partial charge on any atom is 0.271 e. The van der Waals surface area contributed by atoms with Crippen LogP contribution in [0.15, 0.2) is 54.4 Å². The summed E-state index contributed by atoms with van der Waals surface area (Å²) in [5.74, 6) is 0.134. The summed E-state index contributed by atoms with van der Waals surface area (Å²) in [6.45, 7) is 8.97. The van der Waals surface area contributed by atoms with Crippen LogP contribution in [-0.2, 0) is 16.0 Å². The maximum absolute atomic E-state index is 13.7. The van der Waals surface area contributed by atoms with Crippen molar-refractivity contribution in [3.8, 4) is 0 Å². The van der Waals surface area contributed by atoms with Crippen molar-refractivity contribution in [1.82, 2.24) is 20.0 Å². The van der Waals surface area contributed by atoms with E-state index < -0.39 is 0 Å². The van der Waals surface area contributed by atoms with Crippen molar-refractivity contribution in [2.24, 2.45) is 0 Å². The highest BCUT2D eigenvalue weighted by molar-refractivity contribution is 5.94. The molecule has 1 amide bonds. The molecule has 1 N–H and O–H groups in total. The van der Waals surface area contributed by atoms with E-state index >= 15 is 0 Å². The van der Waals surface area contributed by atoms with Crippen LogP contribution in [0.5, 0.6) is 0 Å². The first kappa shape index (κ1) is 25.5. The molecule has 35 heavy (non-hydrogen) atoms. The number of carbonyl (C=O) groups excluding carboxylic acids is 1. The molecule has 0 spiro atoms. The van der Waals surface area contributed by atoms with Gasteiger partial charge < -0.3 is 19.9 Å². The van der Waals surface area contributed by atoms with Gasteiger partial charge in [-0.05, 0) is 36.8 Å². The summed E-state index contributed by atoms with van der Waals surface area (Å²) in [5.41, 5.74) is 4.51. The number of nitrogens with zero attached hydrogens (tertiary/aromatic N) is 3. The van der Waals surface area contributed by atoms with Gasteiger partial charge in [0.05, 0.1) is 6.61 Å². The first-order valence-electron chi connectivity index (χ1n) is 13.5. The molecule has 2 aliphatic carbocycles. The lowest BCUT2D eigenvalue weighted by molar-refractivity contribution is -0.128. The molecule has 2 heterocycles. The van der Waals surface area contributed by atoms with Gasteiger partial charge in [0, 0.05) is 57.6 Å². The predicted molar refractivity (Wildman–Crippen MR) is 143 cm³/mol. The molecule has 6 heteroatoms. The summed E-state index contributed by atoms with van der Waals surface area (Å²) in [7, 11) is 1.72. The third-order valence-electron chi connectivity index (χ3n) is 7.54. The monoisotopic (exact) mass is 478 g/mol. The van der Waals surface area contributed by atoms with Crippen LogP contribution in [-0.4, -0.2) is 79.3 Å². The summed E-state index contributed by atoms with van der Waals surface area (Å²) in [6, 6.07) is 9.31. The van der Waals surface area contributed by atoms with Crippen molar-refractivity contribution in [1.29, 1.82) is 0 Å². The van der Waals surface area contributed by atoms with Gasteiger partial charge in [-0.1, -0.05) is 62.8 Å². The van der Waals surface area contributed by atoms with E-state index in [9.17, 15) is 4.79 Å². The number of benzene rings is 1. The molecule has 190 valence electrons. The number of nitrogens with one attached hydrogen (secondary N) is 1. The fourth-order valence-corrected chi connectivity index (χ4v) is 5.45. The predicted octanol–water partition coefficient (Wildman–Crippen LogP) is 4.01. The Bertz CT molecular complexity index is 950. The topological polar surface area (TPSA) is 48.1 Å². The Morgan fingerprint density at radius 2 is 1.91 bits per heavy atom. The molecular weight excluding hydrogens is 436 g/mol. The van der Waals surface area contributed by atoms with Crippen molar-refractivity contribution in [2.75, 3.05) is 46.4 Å². The van der Waals surface area contributed by atoms with E-state index in [4.69, 9.17) is 4.74 Å². The second kappa shape index (κ2) is 12.4. The summed E-state index contributed by atoms with van der Waals surface area (Å²) in [6.07, 6.45) is 14.3. The quantitative estimate of drug-likeness (QED) is 0.669. The summed E-state index contributed by atoms with van der Waals surface area (Å²) in [4.78, 5) is 20.6. The van der Waals surface area contributed by atoms with Crippen LogP contribution >= 0.6 is 0 Å². The fraction of sp³-hybridized carbons (Fsp3) is 0.552. The van der Waals surface area contributed by atoms with E-state index in [0.717, 1.165) is 50.8 Å². The zero-order chi connectivity index (χ0) is 24.6. The zero-order valence-electron chi connectivity index (χ0n) is 21.7. The van der Waals surface area contributed by atoms with Crippen LogP contribution in [0.4, 0.5) is 0 Å². The van der Waals surface area contributed by atoms with Gasteiger partial charge in [-0.3, -0.25) is 9.69 Å². The first-order chi connectivity index (χ1) is 17.3. The molecule has 2 aliphatic heterocycles. The van der Waals surface area contributed by atoms with Gasteiger partial charge in [0.2, 0.25) is 0 Å². The molecule has 1 aromatic carbocycles. The second-order valence-electron chi connectivity index (χ2n) is 9.46. The number of methoxy groups -OCH3 is 1. The molecular formula is C29H42N4O2. The molecule has 1 aromatic rings. The number of allylic oxidation sites excluding steroid dienone is 3. The van der Waals surface area contributed by atoms with Crippen molar-refractivity contribution >= 4 is 11.5 Å². The van der Waals surface area contributed by atoms with E-state index in [1.165, 1.54) is 36.0 Å².